The lowest BCUT2D eigenvalue weighted by Gasteiger charge is -2.06. The number of hydrogen-bond acceptors (Lipinski definition) is 6. The monoisotopic (exact) mass is 385 g/mol. The van der Waals surface area contributed by atoms with Crippen molar-refractivity contribution in [3.05, 3.63) is 51.2 Å². The van der Waals surface area contributed by atoms with Gasteiger partial charge in [-0.2, -0.15) is 0 Å². The number of aromatic amines is 1. The lowest BCUT2D eigenvalue weighted by atomic mass is 10.3. The number of halogens is 2. The van der Waals surface area contributed by atoms with Gasteiger partial charge in [0.15, 0.2) is 5.16 Å². The van der Waals surface area contributed by atoms with Crippen LogP contribution in [0.5, 0.6) is 0 Å². The van der Waals surface area contributed by atoms with Gasteiger partial charge < -0.3 is 15.0 Å². The molecule has 2 aromatic rings. The molecule has 1 aromatic carbocycles. The Morgan fingerprint density at radius 1 is 1.40 bits per heavy atom. The molecular formula is C15H13ClFN3O4S. The van der Waals surface area contributed by atoms with Crippen molar-refractivity contribution < 1.29 is 18.7 Å². The molecular weight excluding hydrogens is 373 g/mol. The second-order valence-electron chi connectivity index (χ2n) is 4.76. The highest BCUT2D eigenvalue weighted by atomic mass is 35.5. The maximum atomic E-state index is 13.1. The molecule has 1 aromatic heterocycles. The Kier molecular flexibility index (Phi) is 6.54. The number of H-pyrrole nitrogens is 1. The minimum atomic E-state index is -0.585. The van der Waals surface area contributed by atoms with Crippen molar-refractivity contribution in [2.75, 3.05) is 18.2 Å². The van der Waals surface area contributed by atoms with Crippen molar-refractivity contribution in [2.45, 2.75) is 11.6 Å². The first-order chi connectivity index (χ1) is 11.9. The SMILES string of the molecule is COC(=O)Cc1cc(=O)[nH]c(SCC(=O)Nc2ccc(F)c(Cl)c2)n1. The Labute approximate surface area is 150 Å². The molecule has 2 N–H and O–H groups in total. The lowest BCUT2D eigenvalue weighted by Crippen LogP contribution is -2.17. The normalized spacial score (nSPS) is 10.4. The standard InChI is InChI=1S/C15H13ClFN3O4S/c1-24-14(23)6-9-5-12(21)20-15(19-9)25-7-13(22)18-8-2-3-11(17)10(16)4-8/h2-5H,6-7H2,1H3,(H,18,22)(H,19,20,21). The first-order valence-corrected chi connectivity index (χ1v) is 8.28. The molecule has 0 atom stereocenters. The fraction of sp³-hybridized carbons (Fsp3) is 0.200. The van der Waals surface area contributed by atoms with Gasteiger partial charge >= 0.3 is 5.97 Å². The molecule has 0 radical (unpaired) electrons. The number of aromatic nitrogens is 2. The van der Waals surface area contributed by atoms with Crippen molar-refractivity contribution in [3.8, 4) is 0 Å². The fourth-order valence-corrected chi connectivity index (χ4v) is 2.64. The molecule has 2 rings (SSSR count). The topological polar surface area (TPSA) is 101 Å². The highest BCUT2D eigenvalue weighted by Crippen LogP contribution is 2.20. The molecule has 0 fully saturated rings. The van der Waals surface area contributed by atoms with Gasteiger partial charge in [0.25, 0.3) is 5.56 Å². The van der Waals surface area contributed by atoms with Crippen molar-refractivity contribution in [2.24, 2.45) is 0 Å². The summed E-state index contributed by atoms with van der Waals surface area (Å²) in [6.07, 6.45) is -0.145. The second kappa shape index (κ2) is 8.63. The second-order valence-corrected chi connectivity index (χ2v) is 6.13. The largest absolute Gasteiger partial charge is 0.469 e. The number of amides is 1. The number of hydrogen-bond donors (Lipinski definition) is 2. The third kappa shape index (κ3) is 5.87. The predicted octanol–water partition coefficient (Wildman–Crippen LogP) is 2.01. The number of nitrogens with zero attached hydrogens (tertiary/aromatic N) is 1. The number of carbonyl (C=O) groups is 2. The number of ether oxygens (including phenoxy) is 1. The summed E-state index contributed by atoms with van der Waals surface area (Å²) in [7, 11) is 1.23. The van der Waals surface area contributed by atoms with E-state index in [0.717, 1.165) is 17.8 Å². The summed E-state index contributed by atoms with van der Waals surface area (Å²) < 4.78 is 17.6. The number of esters is 1. The quantitative estimate of drug-likeness (QED) is 0.448. The van der Waals surface area contributed by atoms with Crippen LogP contribution in [-0.2, 0) is 20.7 Å². The number of anilines is 1. The highest BCUT2D eigenvalue weighted by molar-refractivity contribution is 7.99. The maximum absolute atomic E-state index is 13.1. The average Bonchev–Trinajstić information content (AvgIpc) is 2.56. The van der Waals surface area contributed by atoms with Crippen LogP contribution >= 0.6 is 23.4 Å². The van der Waals surface area contributed by atoms with E-state index in [1.807, 2.05) is 0 Å². The minimum Gasteiger partial charge on any atom is -0.469 e. The smallest absolute Gasteiger partial charge is 0.311 e. The van der Waals surface area contributed by atoms with Gasteiger partial charge in [-0.15, -0.1) is 0 Å². The molecule has 0 unspecified atom stereocenters. The van der Waals surface area contributed by atoms with E-state index >= 15 is 0 Å². The molecule has 1 amide bonds. The summed E-state index contributed by atoms with van der Waals surface area (Å²) in [6, 6.07) is 4.99. The summed E-state index contributed by atoms with van der Waals surface area (Å²) in [4.78, 5) is 41.3. The van der Waals surface area contributed by atoms with Crippen LogP contribution in [0.2, 0.25) is 5.02 Å². The molecule has 0 aliphatic carbocycles. The van der Waals surface area contributed by atoms with E-state index in [-0.39, 0.29) is 28.0 Å². The van der Waals surface area contributed by atoms with E-state index < -0.39 is 23.3 Å². The number of rotatable bonds is 6. The van der Waals surface area contributed by atoms with Crippen LogP contribution in [0.1, 0.15) is 5.69 Å². The molecule has 0 saturated carbocycles. The molecule has 25 heavy (non-hydrogen) atoms. The molecule has 0 bridgehead atoms. The summed E-state index contributed by atoms with van der Waals surface area (Å²) in [5, 5.41) is 2.63. The van der Waals surface area contributed by atoms with Gasteiger partial charge in [-0.3, -0.25) is 14.4 Å². The number of benzene rings is 1. The zero-order valence-electron chi connectivity index (χ0n) is 13.0. The molecule has 7 nitrogen and oxygen atoms in total. The number of thioether (sulfide) groups is 1. The minimum absolute atomic E-state index is 0.0559. The first-order valence-electron chi connectivity index (χ1n) is 6.92. The zero-order valence-corrected chi connectivity index (χ0v) is 14.5. The molecule has 1 heterocycles. The van der Waals surface area contributed by atoms with Crippen LogP contribution in [0, 0.1) is 5.82 Å². The molecule has 132 valence electrons. The number of nitrogens with one attached hydrogen (secondary N) is 2. The van der Waals surface area contributed by atoms with Crippen molar-refractivity contribution >= 4 is 40.9 Å². The Morgan fingerprint density at radius 2 is 2.16 bits per heavy atom. The van der Waals surface area contributed by atoms with E-state index in [9.17, 15) is 18.8 Å². The van der Waals surface area contributed by atoms with Crippen LogP contribution in [0.15, 0.2) is 34.2 Å². The molecule has 10 heteroatoms. The Bertz CT molecular complexity index is 859. The molecule has 0 aliphatic heterocycles. The lowest BCUT2D eigenvalue weighted by molar-refractivity contribution is -0.139. The maximum Gasteiger partial charge on any atom is 0.311 e. The van der Waals surface area contributed by atoms with Crippen LogP contribution in [0.3, 0.4) is 0 Å². The van der Waals surface area contributed by atoms with Crippen molar-refractivity contribution in [1.29, 1.82) is 0 Å². The van der Waals surface area contributed by atoms with E-state index in [1.165, 1.54) is 25.3 Å². The zero-order chi connectivity index (χ0) is 18.4. The van der Waals surface area contributed by atoms with Gasteiger partial charge in [-0.1, -0.05) is 23.4 Å². The first kappa shape index (κ1) is 18.9. The number of methoxy groups -OCH3 is 1. The van der Waals surface area contributed by atoms with E-state index in [0.29, 0.717) is 5.69 Å². The average molecular weight is 386 g/mol. The summed E-state index contributed by atoms with van der Waals surface area (Å²) in [5.41, 5.74) is 0.142. The number of carbonyl (C=O) groups excluding carboxylic acids is 2. The Hall–Kier alpha value is -2.39. The summed E-state index contributed by atoms with van der Waals surface area (Å²) in [5.74, 6) is -1.56. The van der Waals surface area contributed by atoms with E-state index in [2.05, 4.69) is 20.0 Å². The fourth-order valence-electron chi connectivity index (χ4n) is 1.77. The van der Waals surface area contributed by atoms with Crippen LogP contribution in [0.4, 0.5) is 10.1 Å². The van der Waals surface area contributed by atoms with Gasteiger partial charge in [-0.25, -0.2) is 9.37 Å². The van der Waals surface area contributed by atoms with Gasteiger partial charge in [0.2, 0.25) is 5.91 Å². The third-order valence-electron chi connectivity index (χ3n) is 2.87. The highest BCUT2D eigenvalue weighted by Gasteiger charge is 2.10. The van der Waals surface area contributed by atoms with Crippen LogP contribution in [0.25, 0.3) is 0 Å². The summed E-state index contributed by atoms with van der Waals surface area (Å²) >= 11 is 6.62. The van der Waals surface area contributed by atoms with Gasteiger partial charge in [0.05, 0.1) is 30.0 Å². The Morgan fingerprint density at radius 3 is 2.84 bits per heavy atom. The van der Waals surface area contributed by atoms with Gasteiger partial charge in [0, 0.05) is 11.8 Å². The molecule has 0 spiro atoms. The van der Waals surface area contributed by atoms with Crippen molar-refractivity contribution in [1.82, 2.24) is 9.97 Å². The predicted molar refractivity (Wildman–Crippen MR) is 91.3 cm³/mol. The van der Waals surface area contributed by atoms with E-state index in [4.69, 9.17) is 11.6 Å². The molecule has 0 saturated heterocycles. The van der Waals surface area contributed by atoms with Crippen LogP contribution < -0.4 is 10.9 Å². The van der Waals surface area contributed by atoms with Gasteiger partial charge in [-0.05, 0) is 18.2 Å². The summed E-state index contributed by atoms with van der Waals surface area (Å²) in [6.45, 7) is 0. The Balaban J connectivity index is 1.98. The van der Waals surface area contributed by atoms with Crippen LogP contribution in [-0.4, -0.2) is 34.7 Å². The molecule has 0 aliphatic rings. The van der Waals surface area contributed by atoms with Crippen molar-refractivity contribution in [3.63, 3.8) is 0 Å². The third-order valence-corrected chi connectivity index (χ3v) is 4.03. The van der Waals surface area contributed by atoms with E-state index in [1.54, 1.807) is 0 Å². The van der Waals surface area contributed by atoms with Gasteiger partial charge in [0.1, 0.15) is 5.82 Å².